The van der Waals surface area contributed by atoms with Crippen LogP contribution in [-0.4, -0.2) is 45.7 Å². The summed E-state index contributed by atoms with van der Waals surface area (Å²) in [5, 5.41) is 31.1. The number of ether oxygens (including phenoxy) is 1. The fraction of sp³-hybridized carbons (Fsp3) is 0.577. The second-order valence-corrected chi connectivity index (χ2v) is 9.78. The molecule has 1 aromatic carbocycles. The molecule has 1 unspecified atom stereocenters. The van der Waals surface area contributed by atoms with Crippen molar-refractivity contribution in [3.63, 3.8) is 0 Å². The second-order valence-electron chi connectivity index (χ2n) is 8.87. The van der Waals surface area contributed by atoms with Gasteiger partial charge in [-0.15, -0.1) is 0 Å². The van der Waals surface area contributed by atoms with E-state index < -0.39 is 18.3 Å². The molecule has 5 nitrogen and oxygen atoms in total. The van der Waals surface area contributed by atoms with Gasteiger partial charge in [0.05, 0.1) is 24.4 Å². The molecule has 0 amide bonds. The smallest absolute Gasteiger partial charge is 0.306 e. The summed E-state index contributed by atoms with van der Waals surface area (Å²) in [6, 6.07) is 8.05. The van der Waals surface area contributed by atoms with Crippen LogP contribution in [0.2, 0.25) is 0 Å². The molecule has 1 saturated carbocycles. The van der Waals surface area contributed by atoms with Crippen LogP contribution in [-0.2, 0) is 16.0 Å². The van der Waals surface area contributed by atoms with E-state index in [1.54, 1.807) is 6.08 Å². The first-order chi connectivity index (χ1) is 15.3. The third kappa shape index (κ3) is 9.57. The molecule has 178 valence electrons. The summed E-state index contributed by atoms with van der Waals surface area (Å²) >= 11 is 3.42. The highest BCUT2D eigenvalue weighted by molar-refractivity contribution is 9.10. The molecule has 1 aliphatic rings. The largest absolute Gasteiger partial charge is 0.463 e. The average Bonchev–Trinajstić information content (AvgIpc) is 3.00. The van der Waals surface area contributed by atoms with Crippen LogP contribution >= 0.6 is 15.9 Å². The lowest BCUT2D eigenvalue weighted by atomic mass is 9.89. The van der Waals surface area contributed by atoms with Crippen molar-refractivity contribution in [3.8, 4) is 0 Å². The van der Waals surface area contributed by atoms with Gasteiger partial charge in [0.2, 0.25) is 0 Å². The number of aliphatic hydroxyl groups excluding tert-OH is 3. The van der Waals surface area contributed by atoms with Crippen LogP contribution in [0.4, 0.5) is 0 Å². The van der Waals surface area contributed by atoms with Crippen molar-refractivity contribution in [2.75, 3.05) is 0 Å². The second kappa shape index (κ2) is 13.9. The van der Waals surface area contributed by atoms with Crippen molar-refractivity contribution in [1.82, 2.24) is 0 Å². The molecule has 1 aliphatic carbocycles. The lowest BCUT2D eigenvalue weighted by Gasteiger charge is -2.19. The van der Waals surface area contributed by atoms with E-state index >= 15 is 0 Å². The zero-order chi connectivity index (χ0) is 23.5. The normalized spacial score (nSPS) is 24.6. The predicted octanol–water partition coefficient (Wildman–Crippen LogP) is 4.72. The van der Waals surface area contributed by atoms with Crippen LogP contribution in [0, 0.1) is 11.8 Å². The zero-order valence-corrected chi connectivity index (χ0v) is 20.7. The molecule has 0 aromatic heterocycles. The average molecular weight is 509 g/mol. The van der Waals surface area contributed by atoms with Gasteiger partial charge in [0.15, 0.2) is 0 Å². The van der Waals surface area contributed by atoms with Crippen molar-refractivity contribution in [2.45, 2.75) is 83.2 Å². The molecular formula is C26H37BrO5. The van der Waals surface area contributed by atoms with Gasteiger partial charge in [0.1, 0.15) is 0 Å². The summed E-state index contributed by atoms with van der Waals surface area (Å²) in [6.07, 6.45) is 10.1. The minimum absolute atomic E-state index is 0.0814. The number of hydrogen-bond acceptors (Lipinski definition) is 5. The highest BCUT2D eigenvalue weighted by Gasteiger charge is 2.39. The number of esters is 1. The van der Waals surface area contributed by atoms with E-state index in [1.807, 2.05) is 56.3 Å². The van der Waals surface area contributed by atoms with Gasteiger partial charge in [-0.1, -0.05) is 52.4 Å². The molecule has 32 heavy (non-hydrogen) atoms. The first-order valence-electron chi connectivity index (χ1n) is 11.6. The van der Waals surface area contributed by atoms with Gasteiger partial charge in [-0.05, 0) is 69.6 Å². The Balaban J connectivity index is 1.77. The molecule has 3 N–H and O–H groups in total. The Morgan fingerprint density at radius 2 is 1.91 bits per heavy atom. The first kappa shape index (κ1) is 26.8. The van der Waals surface area contributed by atoms with E-state index in [1.165, 1.54) is 0 Å². The van der Waals surface area contributed by atoms with Gasteiger partial charge in [0.25, 0.3) is 0 Å². The monoisotopic (exact) mass is 508 g/mol. The van der Waals surface area contributed by atoms with Gasteiger partial charge in [-0.25, -0.2) is 0 Å². The van der Waals surface area contributed by atoms with E-state index in [0.29, 0.717) is 25.7 Å². The van der Waals surface area contributed by atoms with Gasteiger partial charge < -0.3 is 20.1 Å². The fourth-order valence-corrected chi connectivity index (χ4v) is 4.35. The lowest BCUT2D eigenvalue weighted by molar-refractivity contribution is -0.147. The van der Waals surface area contributed by atoms with Crippen molar-refractivity contribution in [2.24, 2.45) is 11.8 Å². The number of carbonyl (C=O) groups is 1. The molecule has 6 heteroatoms. The van der Waals surface area contributed by atoms with Crippen LogP contribution in [0.1, 0.15) is 57.9 Å². The van der Waals surface area contributed by atoms with Gasteiger partial charge in [-0.2, -0.15) is 0 Å². The zero-order valence-electron chi connectivity index (χ0n) is 19.1. The maximum atomic E-state index is 11.5. The Kier molecular flexibility index (Phi) is 11.7. The number of unbranched alkanes of at least 4 members (excludes halogenated alkanes) is 1. The molecule has 0 saturated heterocycles. The van der Waals surface area contributed by atoms with E-state index in [2.05, 4.69) is 15.9 Å². The quantitative estimate of drug-likeness (QED) is 0.216. The van der Waals surface area contributed by atoms with Crippen LogP contribution < -0.4 is 0 Å². The summed E-state index contributed by atoms with van der Waals surface area (Å²) in [6.45, 7) is 3.68. The minimum Gasteiger partial charge on any atom is -0.463 e. The van der Waals surface area contributed by atoms with Crippen LogP contribution in [0.5, 0.6) is 0 Å². The molecule has 2 rings (SSSR count). The third-order valence-electron chi connectivity index (χ3n) is 5.81. The Bertz CT molecular complexity index is 743. The molecular weight excluding hydrogens is 472 g/mol. The molecule has 1 aromatic rings. The van der Waals surface area contributed by atoms with Crippen molar-refractivity contribution in [3.05, 3.63) is 58.6 Å². The summed E-state index contributed by atoms with van der Waals surface area (Å²) in [5.74, 6) is -0.438. The molecule has 0 bridgehead atoms. The summed E-state index contributed by atoms with van der Waals surface area (Å²) in [4.78, 5) is 11.5. The Morgan fingerprint density at radius 1 is 1.19 bits per heavy atom. The SMILES string of the molecule is CC(C)OC(=O)CCC/C=C\C[C@@H]1[C@@H](/C=C/C(O)CCc2ccc(Br)cc2)[C@H](O)C[C@@H]1O. The molecule has 0 heterocycles. The topological polar surface area (TPSA) is 87.0 Å². The van der Waals surface area contributed by atoms with Crippen LogP contribution in [0.25, 0.3) is 0 Å². The number of benzene rings is 1. The highest BCUT2D eigenvalue weighted by Crippen LogP contribution is 2.36. The summed E-state index contributed by atoms with van der Waals surface area (Å²) in [7, 11) is 0. The standard InChI is InChI=1S/C26H37BrO5/c1-18(2)32-26(31)8-6-4-3-5-7-22-23(25(30)17-24(22)29)16-15-21(28)14-11-19-9-12-20(27)13-10-19/h3,5,9-10,12-13,15-16,18,21-25,28-30H,4,6-8,11,14,17H2,1-2H3/b5-3-,16-15+/t21?,22-,23-,24+,25-/m1/s1. The summed E-state index contributed by atoms with van der Waals surface area (Å²) < 4.78 is 6.15. The molecule has 0 aliphatic heterocycles. The Labute approximate surface area is 200 Å². The van der Waals surface area contributed by atoms with Crippen molar-refractivity contribution in [1.29, 1.82) is 0 Å². The maximum Gasteiger partial charge on any atom is 0.306 e. The van der Waals surface area contributed by atoms with E-state index in [9.17, 15) is 20.1 Å². The van der Waals surface area contributed by atoms with Gasteiger partial charge in [0, 0.05) is 23.2 Å². The Morgan fingerprint density at radius 3 is 2.59 bits per heavy atom. The van der Waals surface area contributed by atoms with E-state index in [4.69, 9.17) is 4.74 Å². The van der Waals surface area contributed by atoms with Crippen LogP contribution in [0.3, 0.4) is 0 Å². The molecule has 5 atom stereocenters. The third-order valence-corrected chi connectivity index (χ3v) is 6.34. The number of allylic oxidation sites excluding steroid dienone is 2. The van der Waals surface area contributed by atoms with Crippen molar-refractivity contribution < 1.29 is 24.9 Å². The number of rotatable bonds is 12. The minimum atomic E-state index is -0.607. The number of aryl methyl sites for hydroxylation is 1. The Hall–Kier alpha value is -1.47. The van der Waals surface area contributed by atoms with E-state index in [-0.39, 0.29) is 23.9 Å². The highest BCUT2D eigenvalue weighted by atomic mass is 79.9. The van der Waals surface area contributed by atoms with Crippen molar-refractivity contribution >= 4 is 21.9 Å². The maximum absolute atomic E-state index is 11.5. The fourth-order valence-electron chi connectivity index (χ4n) is 4.08. The number of hydrogen-bond donors (Lipinski definition) is 3. The number of aliphatic hydroxyl groups is 3. The lowest BCUT2D eigenvalue weighted by Crippen LogP contribution is -2.20. The molecule has 0 radical (unpaired) electrons. The van der Waals surface area contributed by atoms with E-state index in [0.717, 1.165) is 29.3 Å². The number of carbonyl (C=O) groups excluding carboxylic acids is 1. The first-order valence-corrected chi connectivity index (χ1v) is 12.4. The van der Waals surface area contributed by atoms with Gasteiger partial charge in [-0.3, -0.25) is 4.79 Å². The molecule has 1 fully saturated rings. The van der Waals surface area contributed by atoms with Crippen LogP contribution in [0.15, 0.2) is 53.0 Å². The molecule has 0 spiro atoms. The number of halogens is 1. The van der Waals surface area contributed by atoms with Gasteiger partial charge >= 0.3 is 5.97 Å². The summed E-state index contributed by atoms with van der Waals surface area (Å²) in [5.41, 5.74) is 1.16. The predicted molar refractivity (Wildman–Crippen MR) is 130 cm³/mol.